The molecule has 0 aromatic heterocycles. The van der Waals surface area contributed by atoms with Crippen LogP contribution < -0.4 is 20.7 Å². The van der Waals surface area contributed by atoms with Gasteiger partial charge in [-0.25, -0.2) is 14.1 Å². The number of carbonyl (C=O) groups excluding carboxylic acids is 4. The van der Waals surface area contributed by atoms with Crippen LogP contribution in [0.15, 0.2) is 54.6 Å². The Bertz CT molecular complexity index is 1070. The summed E-state index contributed by atoms with van der Waals surface area (Å²) in [7, 11) is 3.07. The molecule has 2 rings (SSSR count). The van der Waals surface area contributed by atoms with Gasteiger partial charge in [0.2, 0.25) is 0 Å². The summed E-state index contributed by atoms with van der Waals surface area (Å²) in [4.78, 5) is 50.9. The molecule has 10 nitrogen and oxygen atoms in total. The summed E-state index contributed by atoms with van der Waals surface area (Å²) in [5.74, 6) is -1.29. The maximum atomic E-state index is 13.0. The van der Waals surface area contributed by atoms with Crippen LogP contribution in [0.5, 0.6) is 5.75 Å². The molecule has 0 saturated heterocycles. The van der Waals surface area contributed by atoms with Crippen LogP contribution in [-0.2, 0) is 19.1 Å². The van der Waals surface area contributed by atoms with Gasteiger partial charge in [-0.1, -0.05) is 24.3 Å². The van der Waals surface area contributed by atoms with Gasteiger partial charge in [-0.15, -0.1) is 0 Å². The number of amides is 4. The van der Waals surface area contributed by atoms with E-state index in [0.717, 1.165) is 5.69 Å². The molecular weight excluding hydrogens is 452 g/mol. The predicted octanol–water partition coefficient (Wildman–Crippen LogP) is 2.53. The highest BCUT2D eigenvalue weighted by molar-refractivity contribution is 5.94. The van der Waals surface area contributed by atoms with E-state index in [0.29, 0.717) is 11.4 Å². The first-order chi connectivity index (χ1) is 16.3. The molecule has 0 fully saturated rings. The lowest BCUT2D eigenvalue weighted by atomic mass is 10.2. The lowest BCUT2D eigenvalue weighted by Crippen LogP contribution is -2.58. The summed E-state index contributed by atoms with van der Waals surface area (Å²) in [6.45, 7) is 4.12. The number of primary amides is 1. The van der Waals surface area contributed by atoms with Gasteiger partial charge >= 0.3 is 12.0 Å². The van der Waals surface area contributed by atoms with Crippen molar-refractivity contribution >= 4 is 35.2 Å². The molecule has 0 spiro atoms. The van der Waals surface area contributed by atoms with Crippen LogP contribution in [0, 0.1) is 0 Å². The van der Waals surface area contributed by atoms with Crippen molar-refractivity contribution in [2.75, 3.05) is 44.0 Å². The number of benzene rings is 2. The van der Waals surface area contributed by atoms with Crippen molar-refractivity contribution in [3.05, 3.63) is 54.6 Å². The third-order valence-electron chi connectivity index (χ3n) is 4.86. The summed E-state index contributed by atoms with van der Waals surface area (Å²) in [5, 5.41) is 2.68. The van der Waals surface area contributed by atoms with Gasteiger partial charge in [-0.05, 0) is 45.0 Å². The van der Waals surface area contributed by atoms with Gasteiger partial charge in [0, 0.05) is 24.5 Å². The number of esters is 1. The molecular formula is C25H33N4O6+. The second kappa shape index (κ2) is 11.5. The number of rotatable bonds is 9. The Morgan fingerprint density at radius 2 is 1.66 bits per heavy atom. The molecule has 0 aliphatic heterocycles. The number of hydrogen-bond donors (Lipinski definition) is 2. The Hall–Kier alpha value is -3.92. The number of ether oxygens (including phenoxy) is 2. The number of nitrogens with zero attached hydrogens (tertiary/aromatic N) is 2. The van der Waals surface area contributed by atoms with Crippen molar-refractivity contribution < 1.29 is 33.1 Å². The maximum absolute atomic E-state index is 13.0. The summed E-state index contributed by atoms with van der Waals surface area (Å²) < 4.78 is 10.3. The van der Waals surface area contributed by atoms with Crippen LogP contribution in [0.2, 0.25) is 0 Å². The first-order valence-electron chi connectivity index (χ1n) is 11.0. The average molecular weight is 486 g/mol. The fourth-order valence-corrected chi connectivity index (χ4v) is 3.16. The molecule has 3 N–H and O–H groups in total. The molecule has 188 valence electrons. The van der Waals surface area contributed by atoms with E-state index < -0.39 is 34.5 Å². The topological polar surface area (TPSA) is 128 Å². The molecule has 0 heterocycles. The Kier molecular flexibility index (Phi) is 8.96. The Morgan fingerprint density at radius 1 is 1.00 bits per heavy atom. The summed E-state index contributed by atoms with van der Waals surface area (Å²) in [5.41, 5.74) is 5.67. The van der Waals surface area contributed by atoms with Crippen molar-refractivity contribution in [3.8, 4) is 5.75 Å². The number of quaternary nitrogens is 1. The largest absolute Gasteiger partial charge is 0.484 e. The van der Waals surface area contributed by atoms with Gasteiger partial charge in [0.15, 0.2) is 19.7 Å². The highest BCUT2D eigenvalue weighted by Gasteiger charge is 2.38. The minimum absolute atomic E-state index is 0.211. The minimum atomic E-state index is -0.747. The van der Waals surface area contributed by atoms with E-state index in [4.69, 9.17) is 15.2 Å². The molecule has 0 saturated carbocycles. The number of likely N-dealkylation sites (N-methyl/N-ethyl adjacent to an activating group) is 2. The van der Waals surface area contributed by atoms with Crippen molar-refractivity contribution in [2.24, 2.45) is 5.73 Å². The van der Waals surface area contributed by atoms with E-state index in [-0.39, 0.29) is 19.1 Å². The lowest BCUT2D eigenvalue weighted by Gasteiger charge is -2.30. The molecule has 10 heteroatoms. The van der Waals surface area contributed by atoms with Crippen LogP contribution >= 0.6 is 0 Å². The van der Waals surface area contributed by atoms with Gasteiger partial charge in [0.25, 0.3) is 11.8 Å². The van der Waals surface area contributed by atoms with E-state index in [1.807, 2.05) is 30.3 Å². The van der Waals surface area contributed by atoms with Crippen LogP contribution in [0.1, 0.15) is 20.8 Å². The quantitative estimate of drug-likeness (QED) is 0.415. The zero-order chi connectivity index (χ0) is 26.2. The number of urea groups is 1. The van der Waals surface area contributed by atoms with Crippen molar-refractivity contribution in [1.82, 2.24) is 0 Å². The van der Waals surface area contributed by atoms with E-state index in [1.54, 1.807) is 46.0 Å². The van der Waals surface area contributed by atoms with Crippen molar-refractivity contribution in [3.63, 3.8) is 0 Å². The molecule has 2 aromatic carbocycles. The van der Waals surface area contributed by atoms with Crippen LogP contribution in [0.25, 0.3) is 0 Å². The third-order valence-corrected chi connectivity index (χ3v) is 4.86. The van der Waals surface area contributed by atoms with E-state index >= 15 is 0 Å². The van der Waals surface area contributed by atoms with E-state index in [1.165, 1.54) is 18.0 Å². The first-order valence-corrected chi connectivity index (χ1v) is 11.0. The highest BCUT2D eigenvalue weighted by atomic mass is 16.6. The van der Waals surface area contributed by atoms with Crippen molar-refractivity contribution in [1.29, 1.82) is 0 Å². The zero-order valence-corrected chi connectivity index (χ0v) is 20.7. The number of carbonyl (C=O) groups is 4. The number of nitrogens with one attached hydrogen (secondary N) is 1. The smallest absolute Gasteiger partial charge is 0.421 e. The zero-order valence-electron chi connectivity index (χ0n) is 20.7. The molecule has 4 amide bonds. The fraction of sp³-hybridized carbons (Fsp3) is 0.360. The molecule has 0 bridgehead atoms. The number of anilines is 2. The van der Waals surface area contributed by atoms with Crippen LogP contribution in [0.4, 0.5) is 16.2 Å². The summed E-state index contributed by atoms with van der Waals surface area (Å²) >= 11 is 0. The predicted molar refractivity (Wildman–Crippen MR) is 132 cm³/mol. The van der Waals surface area contributed by atoms with Gasteiger partial charge < -0.3 is 20.1 Å². The number of nitrogens with two attached hydrogens (primary N) is 1. The highest BCUT2D eigenvalue weighted by Crippen LogP contribution is 2.20. The molecule has 1 atom stereocenters. The van der Waals surface area contributed by atoms with E-state index in [2.05, 4.69) is 5.32 Å². The SMILES string of the molecule is CN(C(=O)COc1cccc(NC(=O)[N+](C)(CC(N)=O)CC(=O)OC(C)(C)C)c1)c1ccccc1. The van der Waals surface area contributed by atoms with Gasteiger partial charge in [0.1, 0.15) is 11.4 Å². The maximum Gasteiger partial charge on any atom is 0.421 e. The van der Waals surface area contributed by atoms with Gasteiger partial charge in [-0.2, -0.15) is 0 Å². The first kappa shape index (κ1) is 27.3. The summed E-state index contributed by atoms with van der Waals surface area (Å²) in [6, 6.07) is 15.0. The molecule has 0 aliphatic carbocycles. The standard InChI is InChI=1S/C25H32N4O6/c1-25(2,3)35-23(32)16-29(5,15-21(26)30)24(33)27-18-10-9-13-20(14-18)34-17-22(31)28(4)19-11-7-6-8-12-19/h6-14H,15-17H2,1-5H3,(H2-,26,27,30,33)/p+1. The van der Waals surface area contributed by atoms with E-state index in [9.17, 15) is 19.2 Å². The monoisotopic (exact) mass is 485 g/mol. The van der Waals surface area contributed by atoms with Gasteiger partial charge in [0.05, 0.1) is 7.05 Å². The lowest BCUT2D eigenvalue weighted by molar-refractivity contribution is -0.811. The minimum Gasteiger partial charge on any atom is -0.484 e. The number of para-hydroxylation sites is 1. The number of hydrogen-bond acceptors (Lipinski definition) is 6. The Balaban J connectivity index is 2.07. The van der Waals surface area contributed by atoms with Crippen molar-refractivity contribution in [2.45, 2.75) is 26.4 Å². The molecule has 0 aliphatic rings. The molecule has 2 aromatic rings. The molecule has 35 heavy (non-hydrogen) atoms. The Labute approximate surface area is 205 Å². The third kappa shape index (κ3) is 8.74. The molecule has 0 radical (unpaired) electrons. The fourth-order valence-electron chi connectivity index (χ4n) is 3.16. The van der Waals surface area contributed by atoms with Crippen LogP contribution in [-0.4, -0.2) is 67.7 Å². The summed E-state index contributed by atoms with van der Waals surface area (Å²) in [6.07, 6.45) is 0. The van der Waals surface area contributed by atoms with Crippen LogP contribution in [0.3, 0.4) is 0 Å². The second-order valence-corrected chi connectivity index (χ2v) is 9.30. The normalized spacial score (nSPS) is 12.7. The van der Waals surface area contributed by atoms with Gasteiger partial charge in [-0.3, -0.25) is 14.9 Å². The average Bonchev–Trinajstić information content (AvgIpc) is 2.75. The Morgan fingerprint density at radius 3 is 2.26 bits per heavy atom. The molecule has 1 unspecified atom stereocenters. The second-order valence-electron chi connectivity index (χ2n) is 9.30.